The fourth-order valence-electron chi connectivity index (χ4n) is 2.81. The summed E-state index contributed by atoms with van der Waals surface area (Å²) in [6.07, 6.45) is 0.416. The predicted octanol–water partition coefficient (Wildman–Crippen LogP) is 3.75. The fraction of sp³-hybridized carbons (Fsp3) is 0.158. The minimum absolute atomic E-state index is 0.00384. The maximum atomic E-state index is 12.4. The van der Waals surface area contributed by atoms with Crippen molar-refractivity contribution in [2.45, 2.75) is 13.3 Å². The van der Waals surface area contributed by atoms with Crippen molar-refractivity contribution in [3.63, 3.8) is 0 Å². The van der Waals surface area contributed by atoms with Gasteiger partial charge >= 0.3 is 5.97 Å². The van der Waals surface area contributed by atoms with Crippen molar-refractivity contribution >= 4 is 32.6 Å². The molecule has 2 N–H and O–H groups in total. The van der Waals surface area contributed by atoms with Gasteiger partial charge in [0.2, 0.25) is 10.0 Å². The number of pyridine rings is 1. The van der Waals surface area contributed by atoms with E-state index in [1.165, 1.54) is 0 Å². The first-order chi connectivity index (χ1) is 12.4. The Morgan fingerprint density at radius 2 is 1.73 bits per heavy atom. The lowest BCUT2D eigenvalue weighted by atomic mass is 10.0. The lowest BCUT2D eigenvalue weighted by Crippen LogP contribution is -2.19. The molecule has 7 heteroatoms. The van der Waals surface area contributed by atoms with Gasteiger partial charge in [0.15, 0.2) is 0 Å². The van der Waals surface area contributed by atoms with Gasteiger partial charge < -0.3 is 5.11 Å². The Labute approximate surface area is 151 Å². The number of carboxylic acid groups (broad SMARTS) is 1. The molecule has 1 aromatic heterocycles. The monoisotopic (exact) mass is 370 g/mol. The molecule has 0 radical (unpaired) electrons. The van der Waals surface area contributed by atoms with Crippen LogP contribution in [-0.2, 0) is 10.0 Å². The highest BCUT2D eigenvalue weighted by Gasteiger charge is 2.24. The van der Waals surface area contributed by atoms with Crippen molar-refractivity contribution in [1.29, 1.82) is 0 Å². The summed E-state index contributed by atoms with van der Waals surface area (Å²) >= 11 is 0. The Hall–Kier alpha value is -2.93. The van der Waals surface area contributed by atoms with Gasteiger partial charge in [-0.3, -0.25) is 4.72 Å². The first-order valence-electron chi connectivity index (χ1n) is 8.15. The number of nitrogens with one attached hydrogen (secondary N) is 1. The number of rotatable bonds is 6. The fourth-order valence-corrected chi connectivity index (χ4v) is 3.96. The molecule has 0 fully saturated rings. The molecular weight excluding hydrogens is 352 g/mol. The quantitative estimate of drug-likeness (QED) is 0.689. The highest BCUT2D eigenvalue weighted by molar-refractivity contribution is 7.92. The van der Waals surface area contributed by atoms with Gasteiger partial charge in [0, 0.05) is 10.9 Å². The Bertz CT molecular complexity index is 1060. The summed E-state index contributed by atoms with van der Waals surface area (Å²) < 4.78 is 27.2. The first kappa shape index (κ1) is 17.9. The highest BCUT2D eigenvalue weighted by Crippen LogP contribution is 2.35. The molecule has 0 aliphatic carbocycles. The molecule has 3 rings (SSSR count). The van der Waals surface area contributed by atoms with E-state index >= 15 is 0 Å². The number of benzene rings is 2. The van der Waals surface area contributed by atoms with Crippen LogP contribution >= 0.6 is 0 Å². The summed E-state index contributed by atoms with van der Waals surface area (Å²) in [6, 6.07) is 15.7. The van der Waals surface area contributed by atoms with Gasteiger partial charge in [-0.2, -0.15) is 0 Å². The molecule has 1 heterocycles. The van der Waals surface area contributed by atoms with Crippen LogP contribution < -0.4 is 4.72 Å². The van der Waals surface area contributed by atoms with Gasteiger partial charge in [-0.25, -0.2) is 18.2 Å². The zero-order valence-corrected chi connectivity index (χ0v) is 15.0. The number of aromatic nitrogens is 1. The van der Waals surface area contributed by atoms with Gasteiger partial charge in [-0.15, -0.1) is 0 Å². The number of aromatic carboxylic acids is 1. The van der Waals surface area contributed by atoms with E-state index < -0.39 is 16.0 Å². The third-order valence-corrected chi connectivity index (χ3v) is 5.34. The maximum absolute atomic E-state index is 12.4. The normalized spacial score (nSPS) is 11.4. The van der Waals surface area contributed by atoms with Crippen LogP contribution in [0.3, 0.4) is 0 Å². The van der Waals surface area contributed by atoms with Crippen molar-refractivity contribution in [1.82, 2.24) is 4.98 Å². The minimum Gasteiger partial charge on any atom is -0.478 e. The van der Waals surface area contributed by atoms with Crippen LogP contribution in [0.25, 0.3) is 22.2 Å². The van der Waals surface area contributed by atoms with Gasteiger partial charge in [0.1, 0.15) is 0 Å². The molecule has 0 amide bonds. The molecule has 0 bridgehead atoms. The minimum atomic E-state index is -3.69. The Morgan fingerprint density at radius 3 is 2.38 bits per heavy atom. The van der Waals surface area contributed by atoms with Crippen molar-refractivity contribution in [3.05, 3.63) is 60.2 Å². The number of sulfonamides is 1. The molecule has 26 heavy (non-hydrogen) atoms. The van der Waals surface area contributed by atoms with Crippen LogP contribution in [0.4, 0.5) is 5.69 Å². The van der Waals surface area contributed by atoms with Gasteiger partial charge in [0.05, 0.1) is 28.2 Å². The number of para-hydroxylation sites is 1. The van der Waals surface area contributed by atoms with Crippen molar-refractivity contribution < 1.29 is 18.3 Å². The SMILES string of the molecule is CCCS(=O)(=O)Nc1c(-c2ccccc2)nc2ccccc2c1C(=O)O. The van der Waals surface area contributed by atoms with E-state index in [1.54, 1.807) is 55.5 Å². The van der Waals surface area contributed by atoms with E-state index in [0.29, 0.717) is 28.6 Å². The van der Waals surface area contributed by atoms with E-state index in [2.05, 4.69) is 9.71 Å². The lowest BCUT2D eigenvalue weighted by Gasteiger charge is -2.16. The molecule has 134 valence electrons. The molecule has 2 aromatic carbocycles. The summed E-state index contributed by atoms with van der Waals surface area (Å²) in [6.45, 7) is 1.74. The summed E-state index contributed by atoms with van der Waals surface area (Å²) in [5.74, 6) is -1.32. The molecule has 3 aromatic rings. The molecule has 0 saturated heterocycles. The van der Waals surface area contributed by atoms with Gasteiger partial charge in [-0.05, 0) is 12.5 Å². The number of nitrogens with zero attached hydrogens (tertiary/aromatic N) is 1. The first-order valence-corrected chi connectivity index (χ1v) is 9.80. The van der Waals surface area contributed by atoms with Gasteiger partial charge in [0.25, 0.3) is 0 Å². The number of hydrogen-bond acceptors (Lipinski definition) is 4. The second-order valence-corrected chi connectivity index (χ2v) is 7.66. The molecule has 0 saturated carbocycles. The largest absolute Gasteiger partial charge is 0.478 e. The summed E-state index contributed by atoms with van der Waals surface area (Å²) in [7, 11) is -3.69. The molecule has 0 spiro atoms. The second-order valence-electron chi connectivity index (χ2n) is 5.82. The van der Waals surface area contributed by atoms with Crippen LogP contribution in [0.5, 0.6) is 0 Å². The van der Waals surface area contributed by atoms with Crippen LogP contribution in [0, 0.1) is 0 Å². The molecule has 6 nitrogen and oxygen atoms in total. The van der Waals surface area contributed by atoms with E-state index in [-0.39, 0.29) is 17.0 Å². The van der Waals surface area contributed by atoms with Crippen molar-refractivity contribution in [2.75, 3.05) is 10.5 Å². The topological polar surface area (TPSA) is 96.4 Å². The Kier molecular flexibility index (Phi) is 4.90. The number of anilines is 1. The van der Waals surface area contributed by atoms with E-state index in [1.807, 2.05) is 6.07 Å². The summed E-state index contributed by atoms with van der Waals surface area (Å²) in [5, 5.41) is 10.2. The number of hydrogen-bond donors (Lipinski definition) is 2. The molecule has 0 unspecified atom stereocenters. The van der Waals surface area contributed by atoms with Crippen LogP contribution in [0.1, 0.15) is 23.7 Å². The number of carbonyl (C=O) groups is 1. The lowest BCUT2D eigenvalue weighted by molar-refractivity contribution is 0.0700. The second kappa shape index (κ2) is 7.13. The van der Waals surface area contributed by atoms with Crippen molar-refractivity contribution in [2.24, 2.45) is 0 Å². The average Bonchev–Trinajstić information content (AvgIpc) is 2.61. The maximum Gasteiger partial charge on any atom is 0.338 e. The molecular formula is C19H18N2O4S. The van der Waals surface area contributed by atoms with E-state index in [4.69, 9.17) is 0 Å². The van der Waals surface area contributed by atoms with Gasteiger partial charge in [-0.1, -0.05) is 55.5 Å². The van der Waals surface area contributed by atoms with Crippen LogP contribution in [0.2, 0.25) is 0 Å². The number of carboxylic acids is 1. The van der Waals surface area contributed by atoms with E-state index in [0.717, 1.165) is 0 Å². The third-order valence-electron chi connectivity index (χ3n) is 3.88. The Morgan fingerprint density at radius 1 is 1.08 bits per heavy atom. The zero-order valence-electron chi connectivity index (χ0n) is 14.1. The molecule has 0 aliphatic heterocycles. The van der Waals surface area contributed by atoms with Crippen molar-refractivity contribution in [3.8, 4) is 11.3 Å². The van der Waals surface area contributed by atoms with Crippen LogP contribution in [0.15, 0.2) is 54.6 Å². The number of fused-ring (bicyclic) bond motifs is 1. The van der Waals surface area contributed by atoms with Crippen LogP contribution in [-0.4, -0.2) is 30.2 Å². The smallest absolute Gasteiger partial charge is 0.338 e. The molecule has 0 aliphatic rings. The zero-order chi connectivity index (χ0) is 18.7. The summed E-state index contributed by atoms with van der Waals surface area (Å²) in [4.78, 5) is 16.5. The third kappa shape index (κ3) is 3.52. The summed E-state index contributed by atoms with van der Waals surface area (Å²) in [5.41, 5.74) is 1.31. The molecule has 0 atom stereocenters. The standard InChI is InChI=1S/C19H18N2O4S/c1-2-12-26(24,25)21-18-16(19(22)23)14-10-6-7-11-15(14)20-17(18)13-8-4-3-5-9-13/h3-11,21H,2,12H2,1H3,(H,22,23). The Balaban J connectivity index is 2.37. The predicted molar refractivity (Wildman–Crippen MR) is 102 cm³/mol. The average molecular weight is 370 g/mol. The van der Waals surface area contributed by atoms with E-state index in [9.17, 15) is 18.3 Å². The highest BCUT2D eigenvalue weighted by atomic mass is 32.2.